The number of aromatic amines is 1. The van der Waals surface area contributed by atoms with Crippen molar-refractivity contribution in [1.29, 1.82) is 0 Å². The molecule has 192 valence electrons. The molecular weight excluding hydrogens is 487 g/mol. The molecule has 0 atom stereocenters. The number of anilines is 1. The Morgan fingerprint density at radius 1 is 1.13 bits per heavy atom. The van der Waals surface area contributed by atoms with Crippen LogP contribution in [0.5, 0.6) is 5.75 Å². The highest BCUT2D eigenvalue weighted by Crippen LogP contribution is 2.32. The number of carboxylic acids is 1. The Kier molecular flexibility index (Phi) is 6.96. The van der Waals surface area contributed by atoms with Crippen LogP contribution in [0.1, 0.15) is 21.9 Å². The van der Waals surface area contributed by atoms with Gasteiger partial charge in [0.25, 0.3) is 0 Å². The molecule has 2 aromatic carbocycles. The number of ether oxygens (including phenoxy) is 1. The lowest BCUT2D eigenvalue weighted by molar-refractivity contribution is 0.0697. The van der Waals surface area contributed by atoms with Crippen LogP contribution in [0.4, 0.5) is 10.1 Å². The van der Waals surface area contributed by atoms with Gasteiger partial charge in [0.05, 0.1) is 46.6 Å². The van der Waals surface area contributed by atoms with E-state index in [1.807, 2.05) is 49.4 Å². The van der Waals surface area contributed by atoms with E-state index < -0.39 is 11.8 Å². The molecule has 3 aromatic heterocycles. The number of imidazole rings is 1. The minimum absolute atomic E-state index is 0.0155. The molecule has 9 nitrogen and oxygen atoms in total. The smallest absolute Gasteiger partial charge is 0.335 e. The van der Waals surface area contributed by atoms with Crippen molar-refractivity contribution in [3.8, 4) is 28.4 Å². The zero-order chi connectivity index (χ0) is 26.6. The van der Waals surface area contributed by atoms with Crippen LogP contribution in [0.15, 0.2) is 66.9 Å². The molecule has 5 N–H and O–H groups in total. The molecule has 0 saturated heterocycles. The zero-order valence-electron chi connectivity index (χ0n) is 20.5. The number of hydrogen-bond acceptors (Lipinski definition) is 7. The van der Waals surface area contributed by atoms with E-state index in [9.17, 15) is 14.3 Å². The molecule has 38 heavy (non-hydrogen) atoms. The second-order valence-corrected chi connectivity index (χ2v) is 8.64. The summed E-state index contributed by atoms with van der Waals surface area (Å²) in [5.41, 5.74) is 10.1. The number of nitrogens with one attached hydrogen (secondary N) is 2. The summed E-state index contributed by atoms with van der Waals surface area (Å²) in [6.07, 6.45) is 1.66. The second-order valence-electron chi connectivity index (χ2n) is 8.64. The third-order valence-corrected chi connectivity index (χ3v) is 5.87. The molecule has 0 spiro atoms. The molecule has 3 heterocycles. The minimum atomic E-state index is -1.14. The number of rotatable bonds is 9. The van der Waals surface area contributed by atoms with E-state index in [1.165, 1.54) is 12.1 Å². The predicted octanol–water partition coefficient (Wildman–Crippen LogP) is 4.78. The molecule has 0 bridgehead atoms. The minimum Gasteiger partial charge on any atom is -0.491 e. The Labute approximate surface area is 217 Å². The lowest BCUT2D eigenvalue weighted by Crippen LogP contribution is -2.10. The van der Waals surface area contributed by atoms with Crippen LogP contribution in [0.3, 0.4) is 0 Å². The van der Waals surface area contributed by atoms with Gasteiger partial charge in [-0.15, -0.1) is 0 Å². The highest BCUT2D eigenvalue weighted by atomic mass is 19.1. The van der Waals surface area contributed by atoms with Crippen molar-refractivity contribution in [3.63, 3.8) is 0 Å². The fourth-order valence-electron chi connectivity index (χ4n) is 4.07. The number of aromatic nitrogens is 4. The summed E-state index contributed by atoms with van der Waals surface area (Å²) < 4.78 is 20.0. The molecule has 5 rings (SSSR count). The van der Waals surface area contributed by atoms with Gasteiger partial charge in [0, 0.05) is 23.2 Å². The molecule has 5 aromatic rings. The zero-order valence-corrected chi connectivity index (χ0v) is 20.5. The van der Waals surface area contributed by atoms with Crippen LogP contribution in [0, 0.1) is 12.7 Å². The summed E-state index contributed by atoms with van der Waals surface area (Å²) in [6, 6.07) is 17.0. The molecule has 0 amide bonds. The number of nitrogens with two attached hydrogens (primary N) is 1. The maximum Gasteiger partial charge on any atom is 0.335 e. The fraction of sp³-hybridized carbons (Fsp3) is 0.143. The summed E-state index contributed by atoms with van der Waals surface area (Å²) in [5, 5.41) is 13.1. The number of aryl methyl sites for hydroxylation is 1. The summed E-state index contributed by atoms with van der Waals surface area (Å²) in [7, 11) is 0. The Morgan fingerprint density at radius 2 is 2.00 bits per heavy atom. The van der Waals surface area contributed by atoms with Crippen LogP contribution in [0.25, 0.3) is 33.5 Å². The average Bonchev–Trinajstić information content (AvgIpc) is 3.35. The predicted molar refractivity (Wildman–Crippen MR) is 143 cm³/mol. The average molecular weight is 513 g/mol. The van der Waals surface area contributed by atoms with Crippen molar-refractivity contribution in [2.75, 3.05) is 18.5 Å². The van der Waals surface area contributed by atoms with Crippen molar-refractivity contribution < 1.29 is 19.0 Å². The normalized spacial score (nSPS) is 11.0. The van der Waals surface area contributed by atoms with Crippen LogP contribution in [0.2, 0.25) is 0 Å². The second kappa shape index (κ2) is 10.7. The topological polar surface area (TPSA) is 139 Å². The van der Waals surface area contributed by atoms with Gasteiger partial charge in [-0.3, -0.25) is 9.97 Å². The summed E-state index contributed by atoms with van der Waals surface area (Å²) in [6.45, 7) is 2.83. The van der Waals surface area contributed by atoms with Gasteiger partial charge >= 0.3 is 5.97 Å². The number of H-pyrrole nitrogens is 1. The lowest BCUT2D eigenvalue weighted by Gasteiger charge is -2.07. The van der Waals surface area contributed by atoms with Gasteiger partial charge in [-0.25, -0.2) is 14.2 Å². The summed E-state index contributed by atoms with van der Waals surface area (Å²) in [5.74, 6) is -0.546. The van der Waals surface area contributed by atoms with Crippen molar-refractivity contribution >= 4 is 22.6 Å². The van der Waals surface area contributed by atoms with Crippen LogP contribution >= 0.6 is 0 Å². The van der Waals surface area contributed by atoms with E-state index in [0.717, 1.165) is 28.2 Å². The number of carbonyl (C=O) groups is 1. The maximum atomic E-state index is 14.3. The third-order valence-electron chi connectivity index (χ3n) is 5.87. The van der Waals surface area contributed by atoms with Crippen LogP contribution in [-0.4, -0.2) is 44.2 Å². The van der Waals surface area contributed by atoms with E-state index in [1.54, 1.807) is 6.20 Å². The van der Waals surface area contributed by atoms with E-state index in [0.29, 0.717) is 41.8 Å². The molecule has 10 heteroatoms. The first-order chi connectivity index (χ1) is 18.4. The van der Waals surface area contributed by atoms with Crippen molar-refractivity contribution in [2.45, 2.75) is 13.5 Å². The van der Waals surface area contributed by atoms with Crippen molar-refractivity contribution in [2.24, 2.45) is 5.73 Å². The number of hydrogen-bond donors (Lipinski definition) is 4. The number of halogens is 1. The van der Waals surface area contributed by atoms with Crippen molar-refractivity contribution in [3.05, 3.63) is 89.8 Å². The van der Waals surface area contributed by atoms with Gasteiger partial charge in [-0.1, -0.05) is 12.1 Å². The third kappa shape index (κ3) is 5.30. The van der Waals surface area contributed by atoms with Gasteiger partial charge in [-0.2, -0.15) is 0 Å². The first kappa shape index (κ1) is 24.8. The largest absolute Gasteiger partial charge is 0.491 e. The van der Waals surface area contributed by atoms with Gasteiger partial charge in [0.15, 0.2) is 0 Å². The lowest BCUT2D eigenvalue weighted by atomic mass is 10.1. The number of pyridine rings is 2. The number of nitrogens with zero attached hydrogens (tertiary/aromatic N) is 3. The molecule has 0 aliphatic rings. The molecule has 0 fully saturated rings. The molecule has 0 saturated carbocycles. The van der Waals surface area contributed by atoms with Crippen LogP contribution in [-0.2, 0) is 6.54 Å². The first-order valence-electron chi connectivity index (χ1n) is 11.9. The van der Waals surface area contributed by atoms with Crippen molar-refractivity contribution in [1.82, 2.24) is 19.9 Å². The number of benzene rings is 2. The Balaban J connectivity index is 1.53. The summed E-state index contributed by atoms with van der Waals surface area (Å²) >= 11 is 0. The van der Waals surface area contributed by atoms with Gasteiger partial charge < -0.3 is 25.9 Å². The Morgan fingerprint density at radius 3 is 2.79 bits per heavy atom. The van der Waals surface area contributed by atoms with Gasteiger partial charge in [-0.05, 0) is 55.5 Å². The highest BCUT2D eigenvalue weighted by Gasteiger charge is 2.17. The molecule has 0 aliphatic heterocycles. The Bertz CT molecular complexity index is 1630. The first-order valence-corrected chi connectivity index (χ1v) is 11.9. The van der Waals surface area contributed by atoms with E-state index in [-0.39, 0.29) is 17.8 Å². The molecule has 0 aliphatic carbocycles. The molecule has 0 radical (unpaired) electrons. The SMILES string of the molecule is Cc1cccc(-c2[nH]c(CNc3cc(C(=O)O)ccc3F)nc2-c2ccc3ncc(OCCN)cc3c2)n1. The van der Waals surface area contributed by atoms with E-state index >= 15 is 0 Å². The van der Waals surface area contributed by atoms with E-state index in [2.05, 4.69) is 20.3 Å². The highest BCUT2D eigenvalue weighted by molar-refractivity contribution is 5.89. The Hall–Kier alpha value is -4.83. The number of carboxylic acid groups (broad SMARTS) is 1. The van der Waals surface area contributed by atoms with E-state index in [4.69, 9.17) is 15.5 Å². The van der Waals surface area contributed by atoms with Gasteiger partial charge in [0.1, 0.15) is 24.0 Å². The fourth-order valence-corrected chi connectivity index (χ4v) is 4.07. The monoisotopic (exact) mass is 512 g/mol. The maximum absolute atomic E-state index is 14.3. The van der Waals surface area contributed by atoms with Crippen LogP contribution < -0.4 is 15.8 Å². The quantitative estimate of drug-likeness (QED) is 0.221. The molecule has 0 unspecified atom stereocenters. The summed E-state index contributed by atoms with van der Waals surface area (Å²) in [4.78, 5) is 28.5. The van der Waals surface area contributed by atoms with Gasteiger partial charge in [0.2, 0.25) is 0 Å². The number of fused-ring (bicyclic) bond motifs is 1. The molecular formula is C28H25FN6O3. The number of aromatic carboxylic acids is 1. The standard InChI is InChI=1S/C28H25FN6O3/c1-16-3-2-4-23(33-16)27-26(17-6-8-22-19(11-17)12-20(14-31-22)38-10-9-30)34-25(35-27)15-32-24-13-18(28(36)37)5-7-21(24)29/h2-8,11-14,32H,9-10,15,30H2,1H3,(H,34,35)(H,36,37).